The molecule has 0 saturated heterocycles. The van der Waals surface area contributed by atoms with Crippen LogP contribution in [-0.4, -0.2) is 48.8 Å². The number of rotatable bonds is 29. The number of esters is 3. The van der Waals surface area contributed by atoms with E-state index in [1.54, 1.807) is 72.8 Å². The van der Waals surface area contributed by atoms with E-state index in [2.05, 4.69) is 57.5 Å². The smallest absolute Gasteiger partial charge is 0.338 e. The second-order valence-corrected chi connectivity index (χ2v) is 16.8. The maximum atomic E-state index is 13.0. The Morgan fingerprint density at radius 3 is 1.11 bits per heavy atom. The third kappa shape index (κ3) is 17.4. The van der Waals surface area contributed by atoms with Crippen molar-refractivity contribution in [3.05, 3.63) is 113 Å². The van der Waals surface area contributed by atoms with Crippen LogP contribution in [0.2, 0.25) is 0 Å². The Labute approximate surface area is 386 Å². The minimum absolute atomic E-state index is 0.322. The van der Waals surface area contributed by atoms with Gasteiger partial charge in [0, 0.05) is 45.8 Å². The zero-order valence-electron chi connectivity index (χ0n) is 39.4. The molecular weight excluding hydrogens is 819 g/mol. The molecule has 65 heavy (non-hydrogen) atoms. The number of aliphatic carboxylic acids is 1. The Hall–Kier alpha value is -6.10. The predicted molar refractivity (Wildman–Crippen MR) is 263 cm³/mol. The van der Waals surface area contributed by atoms with Crippen molar-refractivity contribution in [2.45, 2.75) is 119 Å². The third-order valence-electron chi connectivity index (χ3n) is 11.8. The number of nitrogens with one attached hydrogen (secondary N) is 3. The number of carboxylic acids is 1. The molecule has 4 rings (SSSR count). The molecule has 0 heterocycles. The Balaban J connectivity index is 1.63. The lowest BCUT2D eigenvalue weighted by molar-refractivity contribution is -0.131. The molecule has 0 aliphatic carbocycles. The first-order valence-corrected chi connectivity index (χ1v) is 23.7. The van der Waals surface area contributed by atoms with Crippen molar-refractivity contribution in [1.29, 1.82) is 0 Å². The summed E-state index contributed by atoms with van der Waals surface area (Å²) in [6.45, 7) is 13.9. The van der Waals surface area contributed by atoms with Gasteiger partial charge in [0.15, 0.2) is 0 Å². The summed E-state index contributed by atoms with van der Waals surface area (Å²) in [5.41, 5.74) is 5.56. The lowest BCUT2D eigenvalue weighted by Gasteiger charge is -2.19. The third-order valence-corrected chi connectivity index (χ3v) is 11.8. The zero-order valence-corrected chi connectivity index (χ0v) is 39.4. The Kier molecular flexibility index (Phi) is 22.2. The van der Waals surface area contributed by atoms with Crippen LogP contribution in [0.5, 0.6) is 0 Å². The standard InChI is InChI=1S/C54H71N3O8/c1-7-13-16-38(10-4)35-63-52(60)41-19-25-44(26-20-41)55-47-33-49(56-45-27-21-42(22-28-45)53(61)64-36-39(11-5)17-14-8-2)48(31-32-51(58)59)50(34-47)57-46-29-23-43(24-30-46)54(62)65-37-40(12-6)18-15-9-3/h19-34,38-40,55-57H,7-18,35-37H2,1-6H3,(H,58,59). The van der Waals surface area contributed by atoms with Crippen LogP contribution in [0.4, 0.5) is 34.1 Å². The lowest BCUT2D eigenvalue weighted by Crippen LogP contribution is -2.14. The molecule has 0 fully saturated rings. The minimum atomic E-state index is -1.13. The van der Waals surface area contributed by atoms with E-state index < -0.39 is 5.97 Å². The van der Waals surface area contributed by atoms with E-state index in [0.717, 1.165) is 83.1 Å². The Bertz CT molecular complexity index is 2020. The fourth-order valence-corrected chi connectivity index (χ4v) is 7.34. The summed E-state index contributed by atoms with van der Waals surface area (Å²) in [6, 6.07) is 24.7. The number of carboxylic acid groups (broad SMARTS) is 1. The maximum absolute atomic E-state index is 13.0. The monoisotopic (exact) mass is 890 g/mol. The highest BCUT2D eigenvalue weighted by Crippen LogP contribution is 2.36. The molecular formula is C54H71N3O8. The topological polar surface area (TPSA) is 152 Å². The summed E-state index contributed by atoms with van der Waals surface area (Å²) in [4.78, 5) is 50.9. The van der Waals surface area contributed by atoms with E-state index in [0.29, 0.717) is 94.0 Å². The van der Waals surface area contributed by atoms with E-state index in [9.17, 15) is 24.3 Å². The van der Waals surface area contributed by atoms with E-state index in [1.807, 2.05) is 12.1 Å². The number of benzene rings is 4. The molecule has 4 N–H and O–H groups in total. The van der Waals surface area contributed by atoms with E-state index in [-0.39, 0.29) is 17.9 Å². The second-order valence-electron chi connectivity index (χ2n) is 16.8. The van der Waals surface area contributed by atoms with Crippen molar-refractivity contribution in [2.75, 3.05) is 35.8 Å². The van der Waals surface area contributed by atoms with Crippen LogP contribution in [0.3, 0.4) is 0 Å². The fraction of sp³-hybridized carbons (Fsp3) is 0.444. The van der Waals surface area contributed by atoms with E-state index in [4.69, 9.17) is 14.2 Å². The molecule has 0 aliphatic rings. The van der Waals surface area contributed by atoms with Gasteiger partial charge in [0.1, 0.15) is 0 Å². The first-order valence-electron chi connectivity index (χ1n) is 23.7. The van der Waals surface area contributed by atoms with Gasteiger partial charge in [-0.3, -0.25) is 0 Å². The van der Waals surface area contributed by atoms with Crippen LogP contribution in [0, 0.1) is 17.8 Å². The highest BCUT2D eigenvalue weighted by Gasteiger charge is 2.17. The minimum Gasteiger partial charge on any atom is -0.478 e. The van der Waals surface area contributed by atoms with Gasteiger partial charge in [0.25, 0.3) is 0 Å². The average molecular weight is 890 g/mol. The molecule has 350 valence electrons. The van der Waals surface area contributed by atoms with E-state index in [1.165, 1.54) is 6.08 Å². The summed E-state index contributed by atoms with van der Waals surface area (Å²) < 4.78 is 17.0. The largest absolute Gasteiger partial charge is 0.478 e. The molecule has 0 bridgehead atoms. The van der Waals surface area contributed by atoms with Crippen molar-refractivity contribution in [2.24, 2.45) is 17.8 Å². The van der Waals surface area contributed by atoms with Gasteiger partial charge in [-0.15, -0.1) is 0 Å². The van der Waals surface area contributed by atoms with Crippen molar-refractivity contribution in [3.8, 4) is 0 Å². The molecule has 3 unspecified atom stereocenters. The number of ether oxygens (including phenoxy) is 3. The molecule has 0 spiro atoms. The molecule has 4 aromatic rings. The number of unbranched alkanes of at least 4 members (excludes halogenated alkanes) is 3. The summed E-state index contributed by atoms with van der Waals surface area (Å²) in [6.07, 6.45) is 15.0. The van der Waals surface area contributed by atoms with E-state index >= 15 is 0 Å². The highest BCUT2D eigenvalue weighted by atomic mass is 16.5. The van der Waals surface area contributed by atoms with Crippen LogP contribution in [0.15, 0.2) is 91.0 Å². The number of carbonyl (C=O) groups excluding carboxylic acids is 3. The first kappa shape index (κ1) is 51.5. The predicted octanol–water partition coefficient (Wildman–Crippen LogP) is 14.1. The number of anilines is 6. The molecule has 0 radical (unpaired) electrons. The number of hydrogen-bond donors (Lipinski definition) is 4. The van der Waals surface area contributed by atoms with Gasteiger partial charge >= 0.3 is 23.9 Å². The molecule has 3 atom stereocenters. The normalized spacial score (nSPS) is 12.5. The van der Waals surface area contributed by atoms with Crippen LogP contribution in [0.1, 0.15) is 155 Å². The zero-order chi connectivity index (χ0) is 47.0. The van der Waals surface area contributed by atoms with Gasteiger partial charge in [-0.05, 0) is 128 Å². The second kappa shape index (κ2) is 27.9. The number of carbonyl (C=O) groups is 4. The van der Waals surface area contributed by atoms with Crippen molar-refractivity contribution in [1.82, 2.24) is 0 Å². The highest BCUT2D eigenvalue weighted by molar-refractivity contribution is 5.95. The first-order chi connectivity index (χ1) is 31.5. The molecule has 11 nitrogen and oxygen atoms in total. The molecule has 0 aromatic heterocycles. The van der Waals surface area contributed by atoms with Gasteiger partial charge in [-0.1, -0.05) is 99.3 Å². The van der Waals surface area contributed by atoms with Gasteiger partial charge < -0.3 is 35.3 Å². The van der Waals surface area contributed by atoms with Crippen molar-refractivity contribution >= 4 is 64.1 Å². The molecule has 0 aliphatic heterocycles. The average Bonchev–Trinajstić information content (AvgIpc) is 3.31. The van der Waals surface area contributed by atoms with Crippen LogP contribution >= 0.6 is 0 Å². The summed E-state index contributed by atoms with van der Waals surface area (Å²) in [7, 11) is 0. The lowest BCUT2D eigenvalue weighted by atomic mass is 10.0. The molecule has 0 amide bonds. The van der Waals surface area contributed by atoms with Gasteiger partial charge in [0.05, 0.1) is 36.5 Å². The summed E-state index contributed by atoms with van der Waals surface area (Å²) in [5, 5.41) is 20.0. The number of hydrogen-bond acceptors (Lipinski definition) is 10. The summed E-state index contributed by atoms with van der Waals surface area (Å²) >= 11 is 0. The Morgan fingerprint density at radius 2 is 0.815 bits per heavy atom. The van der Waals surface area contributed by atoms with Gasteiger partial charge in [-0.2, -0.15) is 0 Å². The molecule has 11 heteroatoms. The van der Waals surface area contributed by atoms with Crippen LogP contribution in [0.25, 0.3) is 6.08 Å². The van der Waals surface area contributed by atoms with Gasteiger partial charge in [-0.25, -0.2) is 19.2 Å². The molecule has 0 saturated carbocycles. The fourth-order valence-electron chi connectivity index (χ4n) is 7.34. The SMILES string of the molecule is CCCCC(CC)COC(=O)c1ccc(Nc2cc(Nc3ccc(C(=O)OCC(CC)CCCC)cc3)c(C=CC(=O)O)c(Nc3ccc(C(=O)OCC(CC)CCCC)cc3)c2)cc1. The van der Waals surface area contributed by atoms with Crippen molar-refractivity contribution < 1.29 is 38.5 Å². The quantitative estimate of drug-likeness (QED) is 0.0234. The molecule has 4 aromatic carbocycles. The Morgan fingerprint density at radius 1 is 0.492 bits per heavy atom. The van der Waals surface area contributed by atoms with Crippen molar-refractivity contribution in [3.63, 3.8) is 0 Å². The van der Waals surface area contributed by atoms with Gasteiger partial charge in [0.2, 0.25) is 0 Å². The van der Waals surface area contributed by atoms with Crippen LogP contribution in [-0.2, 0) is 19.0 Å². The maximum Gasteiger partial charge on any atom is 0.338 e. The van der Waals surface area contributed by atoms with Crippen LogP contribution < -0.4 is 16.0 Å². The summed E-state index contributed by atoms with van der Waals surface area (Å²) in [5.74, 6) is -1.29.